The van der Waals surface area contributed by atoms with E-state index in [0.29, 0.717) is 54.8 Å². The molecule has 0 aliphatic carbocycles. The quantitative estimate of drug-likeness (QED) is 0.0244. The first-order valence-corrected chi connectivity index (χ1v) is 43.9. The van der Waals surface area contributed by atoms with E-state index in [4.69, 9.17) is 130 Å². The van der Waals surface area contributed by atoms with Gasteiger partial charge in [0.05, 0.1) is 34.7 Å². The number of ether oxygens (including phenoxy) is 4. The highest BCUT2D eigenvalue weighted by molar-refractivity contribution is 7.71. The third-order valence-electron chi connectivity index (χ3n) is 19.2. The number of aryl methyl sites for hydroxylation is 8. The van der Waals surface area contributed by atoms with Gasteiger partial charge in [-0.3, -0.25) is 93.6 Å². The minimum Gasteiger partial charge on any atom is -0.403 e. The summed E-state index contributed by atoms with van der Waals surface area (Å²) in [5.74, 6) is -13.0. The van der Waals surface area contributed by atoms with Crippen molar-refractivity contribution in [3.8, 4) is 23.0 Å². The molecule has 672 valence electrons. The molecule has 8 aliphatic rings. The maximum atomic E-state index is 15.9. The first kappa shape index (κ1) is 85.7. The number of phosphoric ester groups is 4. The number of aromatic nitrogens is 8. The lowest BCUT2D eigenvalue weighted by molar-refractivity contribution is -0.205. The second kappa shape index (κ2) is 36.1. The van der Waals surface area contributed by atoms with Gasteiger partial charge in [-0.05, 0) is 127 Å². The molecule has 12 N–H and O–H groups in total. The topological polar surface area (TPSA) is 529 Å². The summed E-state index contributed by atoms with van der Waals surface area (Å²) < 4.78 is 247. The van der Waals surface area contributed by atoms with Gasteiger partial charge in [-0.2, -0.15) is 0 Å². The molecule has 4 saturated heterocycles. The lowest BCUT2D eigenvalue weighted by Crippen LogP contribution is -2.43. The molecule has 0 bridgehead atoms. The number of nitrogens with one attached hydrogen (secondary N) is 4. The molecule has 4 aromatic carbocycles. The predicted molar refractivity (Wildman–Crippen MR) is 427 cm³/mol. The van der Waals surface area contributed by atoms with Crippen molar-refractivity contribution in [1.82, 2.24) is 38.2 Å². The van der Waals surface area contributed by atoms with Crippen LogP contribution in [0.5, 0.6) is 23.0 Å². The van der Waals surface area contributed by atoms with Crippen molar-refractivity contribution in [3.63, 3.8) is 0 Å². The van der Waals surface area contributed by atoms with Crippen LogP contribution < -0.4 is 40.3 Å². The molecule has 4 fully saturated rings. The summed E-state index contributed by atoms with van der Waals surface area (Å²) in [6, 6.07) is 18.0. The van der Waals surface area contributed by atoms with Gasteiger partial charge in [-0.1, -0.05) is 70.8 Å². The highest BCUT2D eigenvalue weighted by Gasteiger charge is 2.62. The summed E-state index contributed by atoms with van der Waals surface area (Å²) in [6.45, 7) is 3.82. The van der Waals surface area contributed by atoms with E-state index in [-0.39, 0.29) is 58.0 Å². The number of phosphoric acid groups is 4. The van der Waals surface area contributed by atoms with E-state index in [9.17, 15) is 78.3 Å². The predicted octanol–water partition coefficient (Wildman–Crippen LogP) is 8.69. The summed E-state index contributed by atoms with van der Waals surface area (Å²) in [5.41, 5.74) is 6.17. The van der Waals surface area contributed by atoms with Crippen LogP contribution in [0, 0.1) is 74.5 Å². The third kappa shape index (κ3) is 19.8. The van der Waals surface area contributed by atoms with Gasteiger partial charge in [0, 0.05) is 71.3 Å². The zero-order chi connectivity index (χ0) is 95.6. The number of aromatic amines is 4. The van der Waals surface area contributed by atoms with Crippen LogP contribution in [0.15, 0.2) is 117 Å². The fraction of sp³-hybridized carbons (Fsp3) is 0.444. The summed E-state index contributed by atoms with van der Waals surface area (Å²) in [6.07, 6.45) is -22.6. The molecule has 8 aromatic rings. The number of nitrogens with zero attached hydrogens (tertiary/aromatic N) is 4. The Hall–Kier alpha value is -7.68. The molecule has 0 spiro atoms. The fourth-order valence-corrected chi connectivity index (χ4v) is 19.4. The zero-order valence-electron chi connectivity index (χ0n) is 71.4. The number of alkyl halides is 4. The smallest absolute Gasteiger partial charge is 0.403 e. The molecule has 0 amide bonds. The lowest BCUT2D eigenvalue weighted by atomic mass is 10.1. The Balaban J connectivity index is 0.000000148. The van der Waals surface area contributed by atoms with Gasteiger partial charge in [0.25, 0.3) is 45.7 Å². The van der Waals surface area contributed by atoms with Crippen molar-refractivity contribution >= 4 is 80.2 Å². The van der Waals surface area contributed by atoms with Gasteiger partial charge < -0.3 is 77.9 Å². The van der Waals surface area contributed by atoms with E-state index in [0.717, 1.165) is 78.8 Å². The average molecular weight is 1900 g/mol. The normalized spacial score (nSPS) is 34.6. The second-order valence-corrected chi connectivity index (χ2v) is 36.6. The Morgan fingerprint density at radius 3 is 0.944 bits per heavy atom. The summed E-state index contributed by atoms with van der Waals surface area (Å²) in [5, 5.41) is 82.5. The Labute approximate surface area is 726 Å². The van der Waals surface area contributed by atoms with Crippen LogP contribution in [0.2, 0.25) is 0 Å². The molecule has 8 aliphatic heterocycles. The van der Waals surface area contributed by atoms with E-state index in [1.165, 1.54) is 6.20 Å². The first-order valence-electron chi connectivity index (χ1n) is 39.4. The number of hydrogen-bond acceptors (Lipinski definition) is 36. The maximum Gasteiger partial charge on any atom is 0.530 e. The average Bonchev–Trinajstić information content (AvgIpc) is 1.55. The number of aliphatic hydroxyl groups is 8. The van der Waals surface area contributed by atoms with Crippen LogP contribution in [-0.4, -0.2) is 178 Å². The van der Waals surface area contributed by atoms with Crippen LogP contribution in [-0.2, 0) is 99.8 Å². The van der Waals surface area contributed by atoms with E-state index >= 15 is 17.6 Å². The van der Waals surface area contributed by atoms with Crippen molar-refractivity contribution in [2.45, 2.75) is 179 Å². The Bertz CT molecular complexity index is 6550. The third-order valence-corrected chi connectivity index (χ3v) is 25.4. The maximum absolute atomic E-state index is 15.9. The van der Waals surface area contributed by atoms with E-state index in [1.54, 1.807) is 70.2 Å². The molecule has 52 heteroatoms. The van der Waals surface area contributed by atoms with Gasteiger partial charge in [-0.15, -0.1) is 0 Å². The van der Waals surface area contributed by atoms with Gasteiger partial charge >= 0.3 is 31.3 Å². The zero-order valence-corrected chi connectivity index (χ0v) is 72.2. The highest BCUT2D eigenvalue weighted by Crippen LogP contribution is 2.61. The molecule has 12 heterocycles. The second-order valence-electron chi connectivity index (χ2n) is 28.9. The molecule has 0 saturated carbocycles. The molecule has 124 heavy (non-hydrogen) atoms. The van der Waals surface area contributed by atoms with Crippen LogP contribution in [0.4, 0.5) is 17.6 Å². The summed E-state index contributed by atoms with van der Waals surface area (Å²) in [4.78, 5) is 54.4. The standard InChI is InChI=1S/4C18H20FN2O8PS/c4*1-9-5-10(2)14-11(6-9)7-26-30(25,29-14)27-8-18(19)15(24)13(23)16(28-18)21-4-3-12(22)20-17(21)31/h4*3-6,13,15-16,23-24H,7-8H2,1-2H3,(H,20,22,31)/t4*13-,15+,16-,18-,30?/m1111/s1/i8D2,16D;16D;8D2;. The van der Waals surface area contributed by atoms with Crippen LogP contribution in [0.25, 0.3) is 0 Å². The Morgan fingerprint density at radius 2 is 0.637 bits per heavy atom. The molecule has 40 nitrogen and oxygen atoms in total. The van der Waals surface area contributed by atoms with Crippen LogP contribution in [0.1, 0.15) is 99.8 Å². The fourth-order valence-electron chi connectivity index (χ4n) is 13.4. The number of fused-ring (bicyclic) bond motifs is 4. The number of halogens is 4. The van der Waals surface area contributed by atoms with Crippen molar-refractivity contribution in [2.24, 2.45) is 0 Å². The van der Waals surface area contributed by atoms with E-state index < -0.39 is 182 Å². The van der Waals surface area contributed by atoms with Gasteiger partial charge in [0.2, 0.25) is 0 Å². The van der Waals surface area contributed by atoms with Crippen LogP contribution >= 0.6 is 80.2 Å². The minimum absolute atomic E-state index is 0.0738. The lowest BCUT2D eigenvalue weighted by Gasteiger charge is -2.29. The molecule has 4 aromatic heterocycles. The first-order chi connectivity index (χ1) is 60.3. The van der Waals surface area contributed by atoms with Gasteiger partial charge in [0.15, 0.2) is 43.9 Å². The van der Waals surface area contributed by atoms with Gasteiger partial charge in [0.1, 0.15) is 98.2 Å². The van der Waals surface area contributed by atoms with Crippen LogP contribution in [0.3, 0.4) is 0 Å². The molecular weight excluding hydrogens is 1820 g/mol. The SMILES string of the molecule is Cc1cc(C)c2c(c1)COP(=O)(OC[C@@]1(F)O[C@@H](n3ccc(=O)[nH]c3=S)[C@H](O)[C@@H]1O)O2.[2H]C([2H])(OP1(=O)OCc2cc(C)cc(C)c2O1)[C@@]1(F)O[C@@H](n2ccc(=O)[nH]c2=S)[C@H](O)[C@@H]1O.[2H]C([2H])(OP1(=O)OCc2cc(C)cc(C)c2O1)[C@@]1(F)O[C@@]([2H])(n2ccc(=O)[nH]c2=S)[C@H](O)[C@@H]1O.[2H][C@@]1(n2ccc(=O)[nH]c2=S)O[C@](F)(COP2(=O)OCc3cc(C)cc(C)c3O2)[C@@H](O)[C@H]1O. The Kier molecular flexibility index (Phi) is 25.0. The molecule has 16 rings (SSSR count). The highest BCUT2D eigenvalue weighted by atomic mass is 32.1. The number of aliphatic hydroxyl groups excluding tert-OH is 8. The largest absolute Gasteiger partial charge is 0.530 e. The van der Waals surface area contributed by atoms with E-state index in [1.807, 2.05) is 33.8 Å². The van der Waals surface area contributed by atoms with Crippen molar-refractivity contribution in [3.05, 3.63) is 225 Å². The molecular formula is C72H80F4N8O32P4S4. The Morgan fingerprint density at radius 1 is 0.395 bits per heavy atom. The van der Waals surface area contributed by atoms with E-state index in [2.05, 4.69) is 19.9 Å². The van der Waals surface area contributed by atoms with Gasteiger partial charge in [-0.25, -0.2) is 35.8 Å². The minimum atomic E-state index is -4.80. The number of H-pyrrole nitrogens is 4. The van der Waals surface area contributed by atoms with Crippen molar-refractivity contribution in [1.29, 1.82) is 0 Å². The number of hydrogen-bond donors (Lipinski definition) is 12. The molecule has 4 unspecified atom stereocenters. The van der Waals surface area contributed by atoms with Crippen molar-refractivity contribution < 1.29 is 158 Å². The molecule has 20 atom stereocenters. The monoisotopic (exact) mass is 1900 g/mol. The molecule has 0 radical (unpaired) electrons. The van der Waals surface area contributed by atoms with Crippen molar-refractivity contribution in [2.75, 3.05) is 26.3 Å². The number of rotatable bonds is 16. The number of benzene rings is 4. The summed E-state index contributed by atoms with van der Waals surface area (Å²) >= 11 is 19.8. The summed E-state index contributed by atoms with van der Waals surface area (Å²) in [7, 11) is -18.1.